The van der Waals surface area contributed by atoms with Gasteiger partial charge in [0.2, 0.25) is 0 Å². The third-order valence-corrected chi connectivity index (χ3v) is 2.97. The van der Waals surface area contributed by atoms with Gasteiger partial charge < -0.3 is 4.74 Å². The number of hydrogen-bond donors (Lipinski definition) is 0. The fraction of sp³-hybridized carbons (Fsp3) is 0.375. The van der Waals surface area contributed by atoms with Gasteiger partial charge >= 0.3 is 5.97 Å². The molecule has 0 atom stereocenters. The number of ether oxygens (including phenoxy) is 1. The number of hydrogen-bond acceptors (Lipinski definition) is 3. The van der Waals surface area contributed by atoms with E-state index in [2.05, 4.69) is 5.10 Å². The number of rotatable bonds is 3. The molecule has 0 unspecified atom stereocenters. The zero-order valence-electron chi connectivity index (χ0n) is 12.7. The lowest BCUT2D eigenvalue weighted by Crippen LogP contribution is -2.24. The number of nitrogens with zero attached hydrogens (tertiary/aromatic N) is 2. The molecule has 0 aliphatic carbocycles. The van der Waals surface area contributed by atoms with Crippen LogP contribution in [0.25, 0.3) is 11.3 Å². The largest absolute Gasteiger partial charge is 0.461 e. The van der Waals surface area contributed by atoms with Crippen molar-refractivity contribution < 1.29 is 13.9 Å². The van der Waals surface area contributed by atoms with Gasteiger partial charge in [-0.3, -0.25) is 4.68 Å². The van der Waals surface area contributed by atoms with Crippen molar-refractivity contribution in [1.29, 1.82) is 0 Å². The molecular formula is C16H19FN2O2. The summed E-state index contributed by atoms with van der Waals surface area (Å²) in [5.74, 6) is -0.755. The average molecular weight is 290 g/mol. The topological polar surface area (TPSA) is 44.1 Å². The Hall–Kier alpha value is -2.17. The van der Waals surface area contributed by atoms with Crippen molar-refractivity contribution in [2.75, 3.05) is 6.61 Å². The van der Waals surface area contributed by atoms with E-state index in [0.717, 1.165) is 11.3 Å². The Morgan fingerprint density at radius 1 is 1.29 bits per heavy atom. The summed E-state index contributed by atoms with van der Waals surface area (Å²) in [6.07, 6.45) is 0. The summed E-state index contributed by atoms with van der Waals surface area (Å²) in [6.45, 7) is 8.01. The summed E-state index contributed by atoms with van der Waals surface area (Å²) in [6, 6.07) is 7.79. The molecule has 0 saturated heterocycles. The highest BCUT2D eigenvalue weighted by molar-refractivity contribution is 5.88. The molecule has 0 N–H and O–H groups in total. The maximum atomic E-state index is 13.1. The minimum atomic E-state index is -0.455. The summed E-state index contributed by atoms with van der Waals surface area (Å²) in [7, 11) is 0. The van der Waals surface area contributed by atoms with Gasteiger partial charge in [-0.2, -0.15) is 5.10 Å². The third-order valence-electron chi connectivity index (χ3n) is 2.97. The van der Waals surface area contributed by atoms with Crippen LogP contribution in [0.5, 0.6) is 0 Å². The molecule has 1 aromatic carbocycles. The number of benzene rings is 1. The van der Waals surface area contributed by atoms with Gasteiger partial charge in [0.15, 0.2) is 5.69 Å². The van der Waals surface area contributed by atoms with Crippen molar-refractivity contribution in [2.45, 2.75) is 33.2 Å². The number of carbonyl (C=O) groups is 1. The Labute approximate surface area is 123 Å². The van der Waals surface area contributed by atoms with Crippen molar-refractivity contribution in [3.8, 4) is 11.3 Å². The van der Waals surface area contributed by atoms with Gasteiger partial charge in [-0.25, -0.2) is 9.18 Å². The fourth-order valence-electron chi connectivity index (χ4n) is 2.02. The van der Waals surface area contributed by atoms with Crippen molar-refractivity contribution in [3.63, 3.8) is 0 Å². The lowest BCUT2D eigenvalue weighted by molar-refractivity contribution is 0.0517. The van der Waals surface area contributed by atoms with E-state index in [4.69, 9.17) is 4.74 Å². The Kier molecular flexibility index (Phi) is 4.11. The molecule has 2 rings (SSSR count). The predicted octanol–water partition coefficient (Wildman–Crippen LogP) is 3.62. The van der Waals surface area contributed by atoms with Crippen LogP contribution < -0.4 is 0 Å². The number of carbonyl (C=O) groups excluding carboxylic acids is 1. The highest BCUT2D eigenvalue weighted by atomic mass is 19.1. The van der Waals surface area contributed by atoms with E-state index >= 15 is 0 Å². The Balaban J connectivity index is 2.52. The Morgan fingerprint density at radius 2 is 1.90 bits per heavy atom. The zero-order chi connectivity index (χ0) is 15.6. The molecule has 0 bridgehead atoms. The number of aromatic nitrogens is 2. The first-order chi connectivity index (χ1) is 9.82. The highest BCUT2D eigenvalue weighted by Gasteiger charge is 2.23. The van der Waals surface area contributed by atoms with E-state index in [1.54, 1.807) is 29.8 Å². The van der Waals surface area contributed by atoms with E-state index in [0.29, 0.717) is 6.61 Å². The molecule has 1 heterocycles. The molecule has 0 spiro atoms. The lowest BCUT2D eigenvalue weighted by atomic mass is 10.1. The summed E-state index contributed by atoms with van der Waals surface area (Å²) in [4.78, 5) is 11.9. The predicted molar refractivity (Wildman–Crippen MR) is 78.6 cm³/mol. The smallest absolute Gasteiger partial charge is 0.358 e. The van der Waals surface area contributed by atoms with Crippen molar-refractivity contribution in [2.24, 2.45) is 0 Å². The van der Waals surface area contributed by atoms with Gasteiger partial charge in [-0.1, -0.05) is 0 Å². The minimum absolute atomic E-state index is 0.256. The van der Waals surface area contributed by atoms with Crippen molar-refractivity contribution in [3.05, 3.63) is 41.8 Å². The summed E-state index contributed by atoms with van der Waals surface area (Å²) >= 11 is 0. The van der Waals surface area contributed by atoms with Crippen LogP contribution in [0.15, 0.2) is 30.3 Å². The Morgan fingerprint density at radius 3 is 2.43 bits per heavy atom. The van der Waals surface area contributed by atoms with Gasteiger partial charge in [0.05, 0.1) is 17.8 Å². The zero-order valence-corrected chi connectivity index (χ0v) is 12.7. The standard InChI is InChI=1S/C16H19FN2O2/c1-5-21-15(20)13-10-14(19(18-13)16(2,3)4)11-6-8-12(17)9-7-11/h6-10H,5H2,1-4H3. The maximum absolute atomic E-state index is 13.1. The molecule has 0 amide bonds. The van der Waals surface area contributed by atoms with Crippen LogP contribution in [0, 0.1) is 5.82 Å². The minimum Gasteiger partial charge on any atom is -0.461 e. The molecule has 0 aliphatic heterocycles. The molecule has 0 aliphatic rings. The van der Waals surface area contributed by atoms with Gasteiger partial charge in [0.1, 0.15) is 5.82 Å². The third kappa shape index (κ3) is 3.29. The second kappa shape index (κ2) is 5.68. The monoisotopic (exact) mass is 290 g/mol. The van der Waals surface area contributed by atoms with Gasteiger partial charge in [0.25, 0.3) is 0 Å². The van der Waals surface area contributed by atoms with Gasteiger partial charge in [-0.15, -0.1) is 0 Å². The van der Waals surface area contributed by atoms with Crippen LogP contribution in [-0.2, 0) is 10.3 Å². The van der Waals surface area contributed by atoms with Crippen LogP contribution in [0.4, 0.5) is 4.39 Å². The molecule has 0 fully saturated rings. The molecule has 4 nitrogen and oxygen atoms in total. The first-order valence-corrected chi connectivity index (χ1v) is 6.86. The number of halogens is 1. The molecule has 1 aromatic heterocycles. The molecule has 0 radical (unpaired) electrons. The molecular weight excluding hydrogens is 271 g/mol. The van der Waals surface area contributed by atoms with E-state index in [1.807, 2.05) is 20.8 Å². The second-order valence-electron chi connectivity index (χ2n) is 5.72. The van der Waals surface area contributed by atoms with Crippen molar-refractivity contribution in [1.82, 2.24) is 9.78 Å². The van der Waals surface area contributed by atoms with E-state index < -0.39 is 5.97 Å². The maximum Gasteiger partial charge on any atom is 0.358 e. The summed E-state index contributed by atoms with van der Waals surface area (Å²) in [5.41, 5.74) is 1.50. The normalized spacial score (nSPS) is 11.5. The molecule has 21 heavy (non-hydrogen) atoms. The SMILES string of the molecule is CCOC(=O)c1cc(-c2ccc(F)cc2)n(C(C)(C)C)n1. The van der Waals surface area contributed by atoms with Crippen LogP contribution in [-0.4, -0.2) is 22.4 Å². The molecule has 112 valence electrons. The lowest BCUT2D eigenvalue weighted by Gasteiger charge is -2.22. The molecule has 2 aromatic rings. The van der Waals surface area contributed by atoms with Crippen molar-refractivity contribution >= 4 is 5.97 Å². The first kappa shape index (κ1) is 15.2. The fourth-order valence-corrected chi connectivity index (χ4v) is 2.02. The van der Waals surface area contributed by atoms with E-state index in [-0.39, 0.29) is 17.1 Å². The first-order valence-electron chi connectivity index (χ1n) is 6.86. The summed E-state index contributed by atoms with van der Waals surface area (Å²) in [5, 5.41) is 4.35. The van der Waals surface area contributed by atoms with Crippen LogP contribution >= 0.6 is 0 Å². The van der Waals surface area contributed by atoms with Crippen LogP contribution in [0.2, 0.25) is 0 Å². The number of esters is 1. The molecule has 5 heteroatoms. The highest BCUT2D eigenvalue weighted by Crippen LogP contribution is 2.27. The molecule has 0 saturated carbocycles. The quantitative estimate of drug-likeness (QED) is 0.811. The second-order valence-corrected chi connectivity index (χ2v) is 5.72. The summed E-state index contributed by atoms with van der Waals surface area (Å²) < 4.78 is 19.8. The average Bonchev–Trinajstić information content (AvgIpc) is 2.85. The van der Waals surface area contributed by atoms with E-state index in [9.17, 15) is 9.18 Å². The van der Waals surface area contributed by atoms with E-state index in [1.165, 1.54) is 12.1 Å². The van der Waals surface area contributed by atoms with Crippen LogP contribution in [0.3, 0.4) is 0 Å². The van der Waals surface area contributed by atoms with Gasteiger partial charge in [0, 0.05) is 5.56 Å². The van der Waals surface area contributed by atoms with Gasteiger partial charge in [-0.05, 0) is 58.0 Å². The Bertz CT molecular complexity index is 639. The van der Waals surface area contributed by atoms with Crippen LogP contribution in [0.1, 0.15) is 38.2 Å².